The maximum atomic E-state index is 11.5. The first-order chi connectivity index (χ1) is 8.56. The van der Waals surface area contributed by atoms with Gasteiger partial charge in [-0.25, -0.2) is 0 Å². The molecule has 0 amide bonds. The molecule has 18 heavy (non-hydrogen) atoms. The fourth-order valence-corrected chi connectivity index (χ4v) is 2.06. The highest BCUT2D eigenvalue weighted by Crippen LogP contribution is 2.32. The third-order valence-electron chi connectivity index (χ3n) is 3.25. The van der Waals surface area contributed by atoms with Crippen LogP contribution in [0.5, 0.6) is 0 Å². The molecule has 0 heterocycles. The molecule has 1 aliphatic rings. The second-order valence-electron chi connectivity index (χ2n) is 4.39. The summed E-state index contributed by atoms with van der Waals surface area (Å²) in [5, 5.41) is 9.19. The largest absolute Gasteiger partial charge is 0.480 e. The van der Waals surface area contributed by atoms with Crippen molar-refractivity contribution in [1.82, 2.24) is 0 Å². The Morgan fingerprint density at radius 3 is 2.11 bits per heavy atom. The van der Waals surface area contributed by atoms with Crippen LogP contribution in [0.15, 0.2) is 54.6 Å². The van der Waals surface area contributed by atoms with Crippen LogP contribution >= 0.6 is 0 Å². The highest BCUT2D eigenvalue weighted by atomic mass is 16.4. The van der Waals surface area contributed by atoms with E-state index in [2.05, 4.69) is 0 Å². The van der Waals surface area contributed by atoms with E-state index in [1.807, 2.05) is 30.3 Å². The third-order valence-corrected chi connectivity index (χ3v) is 3.25. The zero-order valence-corrected chi connectivity index (χ0v) is 10.0. The van der Waals surface area contributed by atoms with Gasteiger partial charge in [0.1, 0.15) is 0 Å². The second kappa shape index (κ2) is 4.61. The first kappa shape index (κ1) is 12.3. The van der Waals surface area contributed by atoms with Crippen molar-refractivity contribution in [2.75, 3.05) is 0 Å². The topological polar surface area (TPSA) is 54.4 Å². The van der Waals surface area contributed by atoms with Crippen LogP contribution in [-0.2, 0) is 9.59 Å². The van der Waals surface area contributed by atoms with Crippen LogP contribution in [0.1, 0.15) is 18.4 Å². The number of rotatable bonds is 3. The molecule has 0 aliphatic heterocycles. The van der Waals surface area contributed by atoms with Gasteiger partial charge in [0.2, 0.25) is 0 Å². The average molecular weight is 242 g/mol. The van der Waals surface area contributed by atoms with Gasteiger partial charge < -0.3 is 5.11 Å². The van der Waals surface area contributed by atoms with Crippen molar-refractivity contribution in [2.45, 2.75) is 12.8 Å². The lowest BCUT2D eigenvalue weighted by Gasteiger charge is -2.24. The molecule has 0 unspecified atom stereocenters. The molecule has 1 aromatic carbocycles. The molecule has 0 fully saturated rings. The van der Waals surface area contributed by atoms with Crippen molar-refractivity contribution in [3.05, 3.63) is 60.2 Å². The predicted molar refractivity (Wildman–Crippen MR) is 68.2 cm³/mol. The lowest BCUT2D eigenvalue weighted by molar-refractivity contribution is -0.148. The number of ketones is 1. The van der Waals surface area contributed by atoms with E-state index in [0.717, 1.165) is 5.56 Å². The number of carbonyl (C=O) groups is 2. The molecule has 0 radical (unpaired) electrons. The molecule has 0 bridgehead atoms. The molecular formula is C15H14O3. The van der Waals surface area contributed by atoms with Gasteiger partial charge in [-0.15, -0.1) is 0 Å². The minimum Gasteiger partial charge on any atom is -0.480 e. The molecule has 3 heteroatoms. The highest BCUT2D eigenvalue weighted by molar-refractivity contribution is 6.06. The van der Waals surface area contributed by atoms with Gasteiger partial charge in [-0.2, -0.15) is 0 Å². The van der Waals surface area contributed by atoms with Gasteiger partial charge in [0.25, 0.3) is 0 Å². The summed E-state index contributed by atoms with van der Waals surface area (Å²) < 4.78 is 0. The standard InChI is InChI=1S/C15H14O3/c1-11(16)15(14(17)18)9-7-13(8-10-15)12-5-3-2-4-6-12/h2-10,13H,1H3,(H,17,18). The fourth-order valence-electron chi connectivity index (χ4n) is 2.06. The summed E-state index contributed by atoms with van der Waals surface area (Å²) >= 11 is 0. The Balaban J connectivity index is 2.31. The lowest BCUT2D eigenvalue weighted by atomic mass is 9.77. The number of hydrogen-bond acceptors (Lipinski definition) is 2. The van der Waals surface area contributed by atoms with Crippen LogP contribution < -0.4 is 0 Å². The van der Waals surface area contributed by atoms with E-state index in [1.54, 1.807) is 12.2 Å². The highest BCUT2D eigenvalue weighted by Gasteiger charge is 2.40. The third kappa shape index (κ3) is 1.99. The number of carboxylic acid groups (broad SMARTS) is 1. The number of allylic oxidation sites excluding steroid dienone is 2. The van der Waals surface area contributed by atoms with E-state index in [1.165, 1.54) is 19.1 Å². The van der Waals surface area contributed by atoms with Crippen molar-refractivity contribution >= 4 is 11.8 Å². The zero-order chi connectivity index (χ0) is 13.2. The Labute approximate surface area is 105 Å². The van der Waals surface area contributed by atoms with Crippen LogP contribution in [0.4, 0.5) is 0 Å². The minimum absolute atomic E-state index is 0.0259. The van der Waals surface area contributed by atoms with Crippen molar-refractivity contribution in [3.8, 4) is 0 Å². The van der Waals surface area contributed by atoms with Gasteiger partial charge >= 0.3 is 5.97 Å². The van der Waals surface area contributed by atoms with E-state index in [0.29, 0.717) is 0 Å². The van der Waals surface area contributed by atoms with Crippen LogP contribution in [0, 0.1) is 5.41 Å². The maximum absolute atomic E-state index is 11.5. The second-order valence-corrected chi connectivity index (χ2v) is 4.39. The maximum Gasteiger partial charge on any atom is 0.325 e. The quantitative estimate of drug-likeness (QED) is 0.654. The smallest absolute Gasteiger partial charge is 0.325 e. The molecule has 2 rings (SSSR count). The molecule has 92 valence electrons. The van der Waals surface area contributed by atoms with Crippen LogP contribution in [0.25, 0.3) is 0 Å². The van der Waals surface area contributed by atoms with Crippen molar-refractivity contribution < 1.29 is 14.7 Å². The first-order valence-electron chi connectivity index (χ1n) is 5.74. The van der Waals surface area contributed by atoms with Crippen LogP contribution in [0.3, 0.4) is 0 Å². The monoisotopic (exact) mass is 242 g/mol. The summed E-state index contributed by atoms with van der Waals surface area (Å²) in [4.78, 5) is 22.8. The molecule has 0 saturated carbocycles. The molecule has 1 N–H and O–H groups in total. The molecule has 3 nitrogen and oxygen atoms in total. The zero-order valence-electron chi connectivity index (χ0n) is 10.0. The Bertz CT molecular complexity index is 496. The summed E-state index contributed by atoms with van der Waals surface area (Å²) in [6.07, 6.45) is 6.50. The number of carboxylic acids is 1. The van der Waals surface area contributed by atoms with Crippen LogP contribution in [-0.4, -0.2) is 16.9 Å². The Hall–Kier alpha value is -2.16. The normalized spacial score (nSPS) is 25.9. The first-order valence-corrected chi connectivity index (χ1v) is 5.74. The summed E-state index contributed by atoms with van der Waals surface area (Å²) in [6, 6.07) is 9.74. The minimum atomic E-state index is -1.49. The van der Waals surface area contributed by atoms with Crippen molar-refractivity contribution in [3.63, 3.8) is 0 Å². The fraction of sp³-hybridized carbons (Fsp3) is 0.200. The van der Waals surface area contributed by atoms with Gasteiger partial charge in [0.15, 0.2) is 11.2 Å². The van der Waals surface area contributed by atoms with E-state index >= 15 is 0 Å². The molecule has 0 aromatic heterocycles. The van der Waals surface area contributed by atoms with Gasteiger partial charge in [0, 0.05) is 5.92 Å². The molecule has 0 spiro atoms. The molecular weight excluding hydrogens is 228 g/mol. The van der Waals surface area contributed by atoms with Gasteiger partial charge in [-0.05, 0) is 12.5 Å². The van der Waals surface area contributed by atoms with Crippen LogP contribution in [0.2, 0.25) is 0 Å². The average Bonchev–Trinajstić information content (AvgIpc) is 2.39. The van der Waals surface area contributed by atoms with E-state index in [4.69, 9.17) is 0 Å². The number of hydrogen-bond donors (Lipinski definition) is 1. The number of aliphatic carboxylic acids is 1. The van der Waals surface area contributed by atoms with Gasteiger partial charge in [-0.1, -0.05) is 54.6 Å². The molecule has 0 saturated heterocycles. The molecule has 0 atom stereocenters. The summed E-state index contributed by atoms with van der Waals surface area (Å²) in [7, 11) is 0. The summed E-state index contributed by atoms with van der Waals surface area (Å²) in [6.45, 7) is 1.30. The molecule has 1 aromatic rings. The van der Waals surface area contributed by atoms with E-state index in [9.17, 15) is 14.7 Å². The van der Waals surface area contributed by atoms with Gasteiger partial charge in [-0.3, -0.25) is 9.59 Å². The number of carbonyl (C=O) groups excluding carboxylic acids is 1. The SMILES string of the molecule is CC(=O)C1(C(=O)O)C=CC(c2ccccc2)C=C1. The van der Waals surface area contributed by atoms with Crippen molar-refractivity contribution in [2.24, 2.45) is 5.41 Å². The summed E-state index contributed by atoms with van der Waals surface area (Å²) in [5.41, 5.74) is -0.418. The van der Waals surface area contributed by atoms with Crippen molar-refractivity contribution in [1.29, 1.82) is 0 Å². The Kier molecular flexibility index (Phi) is 3.15. The number of Topliss-reactive ketones (excluding diaryl/α,β-unsaturated/α-hetero) is 1. The van der Waals surface area contributed by atoms with E-state index < -0.39 is 11.4 Å². The number of benzene rings is 1. The van der Waals surface area contributed by atoms with E-state index in [-0.39, 0.29) is 11.7 Å². The lowest BCUT2D eigenvalue weighted by Crippen LogP contribution is -2.35. The molecule has 1 aliphatic carbocycles. The Morgan fingerprint density at radius 2 is 1.67 bits per heavy atom. The van der Waals surface area contributed by atoms with Gasteiger partial charge in [0.05, 0.1) is 0 Å². The predicted octanol–water partition coefficient (Wildman–Crippen LogP) is 2.56. The summed E-state index contributed by atoms with van der Waals surface area (Å²) in [5.74, 6) is -1.49. The Morgan fingerprint density at radius 1 is 1.11 bits per heavy atom.